The van der Waals surface area contributed by atoms with Gasteiger partial charge in [-0.1, -0.05) is 0 Å². The number of likely N-dealkylation sites (tertiary alicyclic amines) is 1. The number of likely N-dealkylation sites (N-methyl/N-ethyl adjacent to an activating group) is 1. The van der Waals surface area contributed by atoms with Crippen molar-refractivity contribution in [3.63, 3.8) is 0 Å². The van der Waals surface area contributed by atoms with E-state index in [4.69, 9.17) is 5.26 Å². The Labute approximate surface area is 120 Å². The molecular weight excluding hydrogens is 252 g/mol. The minimum absolute atomic E-state index is 0.377. The first-order valence-corrected chi connectivity index (χ1v) is 7.04. The molecule has 0 amide bonds. The highest BCUT2D eigenvalue weighted by Crippen LogP contribution is 2.16. The zero-order chi connectivity index (χ0) is 14.4. The lowest BCUT2D eigenvalue weighted by molar-refractivity contribution is 0.199. The van der Waals surface area contributed by atoms with Crippen molar-refractivity contribution in [1.29, 1.82) is 5.26 Å². The minimum Gasteiger partial charge on any atom is -0.365 e. The maximum atomic E-state index is 9.01. The fraction of sp³-hybridized carbons (Fsp3) is 0.643. The molecule has 0 atom stereocenters. The molecular formula is C14H22N6. The van der Waals surface area contributed by atoms with E-state index in [9.17, 15) is 0 Å². The molecule has 1 fully saturated rings. The smallest absolute Gasteiger partial charge is 0.182 e. The maximum Gasteiger partial charge on any atom is 0.182 e. The summed E-state index contributed by atoms with van der Waals surface area (Å²) in [5, 5.41) is 12.4. The topological polar surface area (TPSA) is 68.1 Å². The minimum atomic E-state index is 0.377. The number of nitriles is 1. The Bertz CT molecular complexity index is 459. The summed E-state index contributed by atoms with van der Waals surface area (Å²) in [6.07, 6.45) is 5.33. The molecule has 20 heavy (non-hydrogen) atoms. The van der Waals surface area contributed by atoms with E-state index >= 15 is 0 Å². The van der Waals surface area contributed by atoms with Gasteiger partial charge in [-0.2, -0.15) is 5.26 Å². The van der Waals surface area contributed by atoms with Crippen molar-refractivity contribution in [2.24, 2.45) is 0 Å². The quantitative estimate of drug-likeness (QED) is 0.856. The third-order valence-electron chi connectivity index (χ3n) is 3.60. The lowest BCUT2D eigenvalue weighted by Gasteiger charge is -2.33. The van der Waals surface area contributed by atoms with E-state index in [2.05, 4.69) is 45.2 Å². The van der Waals surface area contributed by atoms with Crippen molar-refractivity contribution in [3.05, 3.63) is 18.1 Å². The fourth-order valence-corrected chi connectivity index (χ4v) is 2.36. The van der Waals surface area contributed by atoms with Crippen LogP contribution in [-0.2, 0) is 0 Å². The van der Waals surface area contributed by atoms with Crippen LogP contribution in [0.3, 0.4) is 0 Å². The summed E-state index contributed by atoms with van der Waals surface area (Å²) in [7, 11) is 4.21. The molecule has 0 aliphatic carbocycles. The lowest BCUT2D eigenvalue weighted by Crippen LogP contribution is -2.42. The van der Waals surface area contributed by atoms with Crippen LogP contribution in [0.5, 0.6) is 0 Å². The summed E-state index contributed by atoms with van der Waals surface area (Å²) in [6, 6.07) is 2.46. The standard InChI is InChI=1S/C14H22N6/c1-19(2)9-10-20-7-3-12(4-8-20)18-14-13(11-15)16-5-6-17-14/h5-6,12H,3-4,7-10H2,1-2H3,(H,17,18). The summed E-state index contributed by atoms with van der Waals surface area (Å²) in [5.41, 5.74) is 0.377. The third kappa shape index (κ3) is 4.15. The molecule has 1 aliphatic heterocycles. The number of hydrogen-bond donors (Lipinski definition) is 1. The van der Waals surface area contributed by atoms with Crippen molar-refractivity contribution in [2.75, 3.05) is 45.6 Å². The molecule has 0 aromatic carbocycles. The average molecular weight is 274 g/mol. The van der Waals surface area contributed by atoms with Gasteiger partial charge in [0.15, 0.2) is 11.5 Å². The molecule has 2 rings (SSSR count). The van der Waals surface area contributed by atoms with Gasteiger partial charge in [0.2, 0.25) is 0 Å². The molecule has 0 bridgehead atoms. The van der Waals surface area contributed by atoms with Gasteiger partial charge in [-0.05, 0) is 26.9 Å². The van der Waals surface area contributed by atoms with E-state index in [0.29, 0.717) is 17.6 Å². The first-order valence-electron chi connectivity index (χ1n) is 7.04. The van der Waals surface area contributed by atoms with Gasteiger partial charge in [0, 0.05) is 44.6 Å². The maximum absolute atomic E-state index is 9.01. The second kappa shape index (κ2) is 7.17. The zero-order valence-corrected chi connectivity index (χ0v) is 12.2. The van der Waals surface area contributed by atoms with Gasteiger partial charge < -0.3 is 15.1 Å². The van der Waals surface area contributed by atoms with Gasteiger partial charge in [-0.3, -0.25) is 0 Å². The third-order valence-corrected chi connectivity index (χ3v) is 3.60. The molecule has 1 N–H and O–H groups in total. The Morgan fingerprint density at radius 1 is 1.35 bits per heavy atom. The molecule has 0 radical (unpaired) electrons. The lowest BCUT2D eigenvalue weighted by atomic mass is 10.0. The fourth-order valence-electron chi connectivity index (χ4n) is 2.36. The molecule has 108 valence electrons. The summed E-state index contributed by atoms with van der Waals surface area (Å²) in [5.74, 6) is 0.613. The van der Waals surface area contributed by atoms with Crippen LogP contribution in [0.1, 0.15) is 18.5 Å². The molecule has 1 aliphatic rings. The van der Waals surface area contributed by atoms with Gasteiger partial charge in [-0.25, -0.2) is 9.97 Å². The average Bonchev–Trinajstić information content (AvgIpc) is 2.47. The summed E-state index contributed by atoms with van der Waals surface area (Å²) in [4.78, 5) is 12.9. The Morgan fingerprint density at radius 3 is 2.70 bits per heavy atom. The molecule has 6 nitrogen and oxygen atoms in total. The molecule has 1 aromatic rings. The predicted molar refractivity (Wildman–Crippen MR) is 78.4 cm³/mol. The van der Waals surface area contributed by atoms with E-state index in [0.717, 1.165) is 39.0 Å². The van der Waals surface area contributed by atoms with Gasteiger partial charge >= 0.3 is 0 Å². The van der Waals surface area contributed by atoms with E-state index < -0.39 is 0 Å². The number of anilines is 1. The summed E-state index contributed by atoms with van der Waals surface area (Å²) in [6.45, 7) is 4.40. The molecule has 1 aromatic heterocycles. The van der Waals surface area contributed by atoms with Crippen LogP contribution in [0.4, 0.5) is 5.82 Å². The number of hydrogen-bond acceptors (Lipinski definition) is 6. The Balaban J connectivity index is 1.81. The summed E-state index contributed by atoms with van der Waals surface area (Å²) >= 11 is 0. The highest BCUT2D eigenvalue weighted by molar-refractivity contribution is 5.47. The number of nitrogens with one attached hydrogen (secondary N) is 1. The van der Waals surface area contributed by atoms with Gasteiger partial charge in [-0.15, -0.1) is 0 Å². The van der Waals surface area contributed by atoms with Crippen LogP contribution in [0.15, 0.2) is 12.4 Å². The normalized spacial score (nSPS) is 17.1. The van der Waals surface area contributed by atoms with Crippen molar-refractivity contribution in [2.45, 2.75) is 18.9 Å². The molecule has 1 saturated heterocycles. The van der Waals surface area contributed by atoms with Crippen LogP contribution in [-0.4, -0.2) is 66.1 Å². The largest absolute Gasteiger partial charge is 0.365 e. The Kier molecular flexibility index (Phi) is 5.27. The van der Waals surface area contributed by atoms with E-state index in [1.165, 1.54) is 0 Å². The zero-order valence-electron chi connectivity index (χ0n) is 12.2. The molecule has 0 saturated carbocycles. The van der Waals surface area contributed by atoms with Crippen molar-refractivity contribution in [3.8, 4) is 6.07 Å². The Morgan fingerprint density at radius 2 is 2.05 bits per heavy atom. The van der Waals surface area contributed by atoms with Crippen LogP contribution >= 0.6 is 0 Å². The van der Waals surface area contributed by atoms with Crippen LogP contribution in [0.2, 0.25) is 0 Å². The monoisotopic (exact) mass is 274 g/mol. The number of aromatic nitrogens is 2. The van der Waals surface area contributed by atoms with Gasteiger partial charge in [0.25, 0.3) is 0 Å². The van der Waals surface area contributed by atoms with Crippen molar-refractivity contribution in [1.82, 2.24) is 19.8 Å². The number of rotatable bonds is 5. The SMILES string of the molecule is CN(C)CCN1CCC(Nc2nccnc2C#N)CC1. The van der Waals surface area contributed by atoms with Crippen LogP contribution in [0, 0.1) is 11.3 Å². The van der Waals surface area contributed by atoms with Crippen LogP contribution in [0.25, 0.3) is 0 Å². The first-order chi connectivity index (χ1) is 9.69. The van der Waals surface area contributed by atoms with Gasteiger partial charge in [0.1, 0.15) is 6.07 Å². The van der Waals surface area contributed by atoms with Crippen molar-refractivity contribution >= 4 is 5.82 Å². The van der Waals surface area contributed by atoms with E-state index in [-0.39, 0.29) is 0 Å². The number of piperidine rings is 1. The second-order valence-corrected chi connectivity index (χ2v) is 5.43. The van der Waals surface area contributed by atoms with E-state index in [1.807, 2.05) is 0 Å². The van der Waals surface area contributed by atoms with E-state index in [1.54, 1.807) is 12.4 Å². The van der Waals surface area contributed by atoms with Crippen molar-refractivity contribution < 1.29 is 0 Å². The second-order valence-electron chi connectivity index (χ2n) is 5.43. The molecule has 0 unspecified atom stereocenters. The molecule has 0 spiro atoms. The molecule has 2 heterocycles. The highest BCUT2D eigenvalue weighted by atomic mass is 15.2. The highest BCUT2D eigenvalue weighted by Gasteiger charge is 2.20. The number of nitrogens with zero attached hydrogens (tertiary/aromatic N) is 5. The first kappa shape index (κ1) is 14.7. The van der Waals surface area contributed by atoms with Gasteiger partial charge in [0.05, 0.1) is 0 Å². The Hall–Kier alpha value is -1.71. The van der Waals surface area contributed by atoms with Crippen LogP contribution < -0.4 is 5.32 Å². The predicted octanol–water partition coefficient (Wildman–Crippen LogP) is 0.786. The summed E-state index contributed by atoms with van der Waals surface area (Å²) < 4.78 is 0. The molecule has 6 heteroatoms.